The lowest BCUT2D eigenvalue weighted by Crippen LogP contribution is -2.09. The Morgan fingerprint density at radius 1 is 1.28 bits per heavy atom. The molecule has 0 unspecified atom stereocenters. The number of esters is 1. The molecule has 0 aliphatic heterocycles. The standard InChI is InChI=1S/C13H13N3O2/c1-2-18-12(17)11-8-9-14-13(16-11)15-10-6-4-3-5-7-10/h3-9H,2H2,1H3,(H,14,15,16). The molecule has 5 heteroatoms. The van der Waals surface area contributed by atoms with Crippen molar-refractivity contribution in [3.05, 3.63) is 48.3 Å². The number of rotatable bonds is 4. The zero-order chi connectivity index (χ0) is 12.8. The summed E-state index contributed by atoms with van der Waals surface area (Å²) in [7, 11) is 0. The molecule has 0 spiro atoms. The molecular formula is C13H13N3O2. The Bertz CT molecular complexity index is 529. The second-order valence-electron chi connectivity index (χ2n) is 3.48. The molecule has 1 aromatic heterocycles. The quantitative estimate of drug-likeness (QED) is 0.835. The molecule has 0 saturated heterocycles. The van der Waals surface area contributed by atoms with Crippen LogP contribution in [0.2, 0.25) is 0 Å². The Morgan fingerprint density at radius 3 is 2.78 bits per heavy atom. The first kappa shape index (κ1) is 12.0. The summed E-state index contributed by atoms with van der Waals surface area (Å²) in [6.45, 7) is 2.08. The first-order valence-electron chi connectivity index (χ1n) is 5.62. The van der Waals surface area contributed by atoms with Crippen molar-refractivity contribution < 1.29 is 9.53 Å². The molecule has 0 radical (unpaired) electrons. The molecule has 1 heterocycles. The van der Waals surface area contributed by atoms with Crippen molar-refractivity contribution in [1.82, 2.24) is 9.97 Å². The van der Waals surface area contributed by atoms with Crippen LogP contribution in [0.1, 0.15) is 17.4 Å². The van der Waals surface area contributed by atoms with Gasteiger partial charge in [0.25, 0.3) is 0 Å². The highest BCUT2D eigenvalue weighted by atomic mass is 16.5. The number of para-hydroxylation sites is 1. The molecule has 0 saturated carbocycles. The van der Waals surface area contributed by atoms with Crippen LogP contribution in [0.4, 0.5) is 11.6 Å². The molecule has 0 aliphatic rings. The Labute approximate surface area is 105 Å². The zero-order valence-electron chi connectivity index (χ0n) is 9.96. The fourth-order valence-electron chi connectivity index (χ4n) is 1.39. The van der Waals surface area contributed by atoms with Crippen molar-refractivity contribution in [2.24, 2.45) is 0 Å². The number of hydrogen-bond acceptors (Lipinski definition) is 5. The first-order chi connectivity index (χ1) is 8.79. The maximum absolute atomic E-state index is 11.5. The van der Waals surface area contributed by atoms with Gasteiger partial charge >= 0.3 is 5.97 Å². The Balaban J connectivity index is 2.15. The molecule has 0 aliphatic carbocycles. The Hall–Kier alpha value is -2.43. The smallest absolute Gasteiger partial charge is 0.357 e. The van der Waals surface area contributed by atoms with E-state index in [2.05, 4.69) is 15.3 Å². The third kappa shape index (κ3) is 3.04. The molecule has 2 aromatic rings. The molecule has 0 fully saturated rings. The highest BCUT2D eigenvalue weighted by molar-refractivity contribution is 5.87. The number of nitrogens with one attached hydrogen (secondary N) is 1. The molecule has 0 bridgehead atoms. The SMILES string of the molecule is CCOC(=O)c1ccnc(Nc2ccccc2)n1. The number of carbonyl (C=O) groups is 1. The van der Waals surface area contributed by atoms with E-state index in [9.17, 15) is 4.79 Å². The van der Waals surface area contributed by atoms with Crippen LogP contribution in [0.15, 0.2) is 42.6 Å². The average molecular weight is 243 g/mol. The minimum absolute atomic E-state index is 0.241. The van der Waals surface area contributed by atoms with Crippen LogP contribution in [-0.4, -0.2) is 22.5 Å². The molecule has 1 N–H and O–H groups in total. The van der Waals surface area contributed by atoms with E-state index in [0.717, 1.165) is 5.69 Å². The van der Waals surface area contributed by atoms with E-state index < -0.39 is 5.97 Å². The van der Waals surface area contributed by atoms with E-state index in [1.165, 1.54) is 12.3 Å². The summed E-state index contributed by atoms with van der Waals surface area (Å²) in [4.78, 5) is 19.6. The summed E-state index contributed by atoms with van der Waals surface area (Å²) in [6, 6.07) is 11.0. The van der Waals surface area contributed by atoms with Crippen LogP contribution in [0.3, 0.4) is 0 Å². The normalized spacial score (nSPS) is 9.83. The molecule has 1 aromatic carbocycles. The molecule has 92 valence electrons. The number of ether oxygens (including phenoxy) is 1. The molecule has 5 nitrogen and oxygen atoms in total. The van der Waals surface area contributed by atoms with E-state index in [0.29, 0.717) is 12.6 Å². The molecular weight excluding hydrogens is 230 g/mol. The molecule has 0 amide bonds. The number of hydrogen-bond donors (Lipinski definition) is 1. The van der Waals surface area contributed by atoms with E-state index in [-0.39, 0.29) is 5.69 Å². The lowest BCUT2D eigenvalue weighted by atomic mass is 10.3. The highest BCUT2D eigenvalue weighted by Gasteiger charge is 2.09. The van der Waals surface area contributed by atoms with Gasteiger partial charge in [0.2, 0.25) is 5.95 Å². The predicted octanol–water partition coefficient (Wildman–Crippen LogP) is 2.40. The van der Waals surface area contributed by atoms with Crippen LogP contribution < -0.4 is 5.32 Å². The monoisotopic (exact) mass is 243 g/mol. The lowest BCUT2D eigenvalue weighted by molar-refractivity contribution is 0.0519. The fraction of sp³-hybridized carbons (Fsp3) is 0.154. The fourth-order valence-corrected chi connectivity index (χ4v) is 1.39. The number of aromatic nitrogens is 2. The maximum atomic E-state index is 11.5. The lowest BCUT2D eigenvalue weighted by Gasteiger charge is -2.05. The zero-order valence-corrected chi connectivity index (χ0v) is 9.96. The molecule has 2 rings (SSSR count). The van der Waals surface area contributed by atoms with Gasteiger partial charge in [-0.05, 0) is 25.1 Å². The number of anilines is 2. The van der Waals surface area contributed by atoms with Gasteiger partial charge < -0.3 is 10.1 Å². The van der Waals surface area contributed by atoms with Crippen LogP contribution in [-0.2, 0) is 4.74 Å². The third-order valence-corrected chi connectivity index (χ3v) is 2.17. The van der Waals surface area contributed by atoms with E-state index in [4.69, 9.17) is 4.74 Å². The van der Waals surface area contributed by atoms with Gasteiger partial charge in [-0.2, -0.15) is 0 Å². The van der Waals surface area contributed by atoms with Crippen molar-refractivity contribution >= 4 is 17.6 Å². The minimum Gasteiger partial charge on any atom is -0.461 e. The number of nitrogens with zero attached hydrogens (tertiary/aromatic N) is 2. The Morgan fingerprint density at radius 2 is 2.06 bits per heavy atom. The summed E-state index contributed by atoms with van der Waals surface area (Å²) >= 11 is 0. The van der Waals surface area contributed by atoms with Gasteiger partial charge in [0, 0.05) is 11.9 Å². The highest BCUT2D eigenvalue weighted by Crippen LogP contribution is 2.11. The van der Waals surface area contributed by atoms with E-state index in [1.54, 1.807) is 6.92 Å². The van der Waals surface area contributed by atoms with Gasteiger partial charge in [-0.25, -0.2) is 14.8 Å². The van der Waals surface area contributed by atoms with Crippen LogP contribution in [0, 0.1) is 0 Å². The van der Waals surface area contributed by atoms with Gasteiger partial charge in [-0.3, -0.25) is 0 Å². The van der Waals surface area contributed by atoms with E-state index >= 15 is 0 Å². The van der Waals surface area contributed by atoms with Gasteiger partial charge in [0.15, 0.2) is 5.69 Å². The summed E-state index contributed by atoms with van der Waals surface area (Å²) in [5.74, 6) is -0.0808. The van der Waals surface area contributed by atoms with Crippen molar-refractivity contribution in [2.75, 3.05) is 11.9 Å². The largest absolute Gasteiger partial charge is 0.461 e. The van der Waals surface area contributed by atoms with Crippen molar-refractivity contribution in [3.8, 4) is 0 Å². The summed E-state index contributed by atoms with van der Waals surface area (Å²) in [6.07, 6.45) is 1.52. The van der Waals surface area contributed by atoms with Gasteiger partial charge in [0.05, 0.1) is 6.61 Å². The number of benzene rings is 1. The van der Waals surface area contributed by atoms with Gasteiger partial charge in [0.1, 0.15) is 0 Å². The average Bonchev–Trinajstić information content (AvgIpc) is 2.40. The summed E-state index contributed by atoms with van der Waals surface area (Å²) in [5, 5.41) is 3.01. The molecule has 0 atom stereocenters. The van der Waals surface area contributed by atoms with E-state index in [1.807, 2.05) is 30.3 Å². The number of carbonyl (C=O) groups excluding carboxylic acids is 1. The summed E-state index contributed by atoms with van der Waals surface area (Å²) in [5.41, 5.74) is 1.10. The predicted molar refractivity (Wildman–Crippen MR) is 67.7 cm³/mol. The van der Waals surface area contributed by atoms with Crippen LogP contribution >= 0.6 is 0 Å². The van der Waals surface area contributed by atoms with Gasteiger partial charge in [-0.1, -0.05) is 18.2 Å². The maximum Gasteiger partial charge on any atom is 0.357 e. The van der Waals surface area contributed by atoms with Gasteiger partial charge in [-0.15, -0.1) is 0 Å². The second-order valence-corrected chi connectivity index (χ2v) is 3.48. The van der Waals surface area contributed by atoms with Crippen molar-refractivity contribution in [1.29, 1.82) is 0 Å². The van der Waals surface area contributed by atoms with Crippen molar-refractivity contribution in [3.63, 3.8) is 0 Å². The second kappa shape index (κ2) is 5.77. The minimum atomic E-state index is -0.448. The topological polar surface area (TPSA) is 64.1 Å². The molecule has 18 heavy (non-hydrogen) atoms. The summed E-state index contributed by atoms with van der Waals surface area (Å²) < 4.78 is 4.88. The first-order valence-corrected chi connectivity index (χ1v) is 5.62. The van der Waals surface area contributed by atoms with Crippen LogP contribution in [0.25, 0.3) is 0 Å². The van der Waals surface area contributed by atoms with Crippen molar-refractivity contribution in [2.45, 2.75) is 6.92 Å². The third-order valence-electron chi connectivity index (χ3n) is 2.17. The van der Waals surface area contributed by atoms with Crippen LogP contribution in [0.5, 0.6) is 0 Å². The Kier molecular flexibility index (Phi) is 3.86.